The van der Waals surface area contributed by atoms with E-state index in [9.17, 15) is 33.9 Å². The lowest BCUT2D eigenvalue weighted by atomic mass is 9.76. The summed E-state index contributed by atoms with van der Waals surface area (Å²) in [6.45, 7) is 19.9. The molecule has 0 radical (unpaired) electrons. The first kappa shape index (κ1) is 43.8. The number of hydrogen-bond donors (Lipinski definition) is 5. The van der Waals surface area contributed by atoms with Crippen LogP contribution in [0.1, 0.15) is 105 Å². The lowest BCUT2D eigenvalue weighted by Gasteiger charge is -2.40. The predicted octanol–water partition coefficient (Wildman–Crippen LogP) is 3.90. The van der Waals surface area contributed by atoms with E-state index in [0.29, 0.717) is 5.56 Å². The van der Waals surface area contributed by atoms with Crippen molar-refractivity contribution in [1.29, 1.82) is 0 Å². The van der Waals surface area contributed by atoms with Gasteiger partial charge in [0.15, 0.2) is 0 Å². The quantitative estimate of drug-likeness (QED) is 0.125. The Bertz CT molecular complexity index is 1420. The maximum absolute atomic E-state index is 14.2. The van der Waals surface area contributed by atoms with Crippen LogP contribution in [0.5, 0.6) is 0 Å². The average molecular weight is 703 g/mol. The Hall–Kier alpha value is -4.26. The van der Waals surface area contributed by atoms with Gasteiger partial charge in [0.05, 0.1) is 17.6 Å². The molecule has 1 rings (SSSR count). The summed E-state index contributed by atoms with van der Waals surface area (Å²) < 4.78 is 5.46. The fourth-order valence-electron chi connectivity index (χ4n) is 5.46. The SMILES string of the molecule is CN[C@H](C(=O)NC(C(=O)N(C)[C@H](/C=C(\C)C(=O)N[C@H](CCC(=O)O)C(=O)O)C(C)C)C(C)(C)C)C(C)(C)c1ccc(C(=O)OC(C)(C)C)cc1. The number of carboxylic acids is 2. The highest BCUT2D eigenvalue weighted by molar-refractivity contribution is 5.96. The summed E-state index contributed by atoms with van der Waals surface area (Å²) in [5.74, 6) is -4.68. The van der Waals surface area contributed by atoms with Gasteiger partial charge in [0.1, 0.15) is 17.7 Å². The number of aliphatic carboxylic acids is 2. The highest BCUT2D eigenvalue weighted by atomic mass is 16.6. The first-order valence-corrected chi connectivity index (χ1v) is 16.8. The van der Waals surface area contributed by atoms with Gasteiger partial charge in [-0.25, -0.2) is 9.59 Å². The topological polar surface area (TPSA) is 191 Å². The van der Waals surface area contributed by atoms with Gasteiger partial charge < -0.3 is 35.8 Å². The van der Waals surface area contributed by atoms with E-state index in [0.717, 1.165) is 5.56 Å². The molecule has 50 heavy (non-hydrogen) atoms. The Morgan fingerprint density at radius 1 is 0.880 bits per heavy atom. The van der Waals surface area contributed by atoms with Crippen molar-refractivity contribution in [3.8, 4) is 0 Å². The fourth-order valence-corrected chi connectivity index (χ4v) is 5.46. The minimum atomic E-state index is -1.40. The molecule has 1 aromatic carbocycles. The number of carbonyl (C=O) groups is 6. The summed E-state index contributed by atoms with van der Waals surface area (Å²) in [6, 6.07) is 3.10. The highest BCUT2D eigenvalue weighted by Crippen LogP contribution is 2.30. The van der Waals surface area contributed by atoms with Crippen LogP contribution in [0.4, 0.5) is 0 Å². The van der Waals surface area contributed by atoms with Gasteiger partial charge in [0, 0.05) is 24.5 Å². The molecule has 1 aromatic rings. The second-order valence-corrected chi connectivity index (χ2v) is 15.7. The van der Waals surface area contributed by atoms with Crippen molar-refractivity contribution in [2.45, 2.75) is 124 Å². The van der Waals surface area contributed by atoms with Gasteiger partial charge in [0.25, 0.3) is 0 Å². The number of esters is 1. The molecule has 4 atom stereocenters. The van der Waals surface area contributed by atoms with Gasteiger partial charge in [-0.2, -0.15) is 0 Å². The van der Waals surface area contributed by atoms with Crippen molar-refractivity contribution in [3.63, 3.8) is 0 Å². The van der Waals surface area contributed by atoms with E-state index in [-0.39, 0.29) is 17.9 Å². The first-order valence-electron chi connectivity index (χ1n) is 16.8. The molecule has 1 unspecified atom stereocenters. The fraction of sp³-hybridized carbons (Fsp3) is 0.622. The molecular formula is C37H58N4O9. The molecule has 5 N–H and O–H groups in total. The average Bonchev–Trinajstić information content (AvgIpc) is 2.98. The van der Waals surface area contributed by atoms with E-state index < -0.39 is 82.6 Å². The summed E-state index contributed by atoms with van der Waals surface area (Å²) in [7, 11) is 3.24. The standard InChI is InChI=1S/C37H58N4O9/c1-21(2)26(20-22(3)30(44)39-25(33(47)48)18-19-27(42)43)41(13)32(46)29(35(4,5)6)40-31(45)28(38-12)37(10,11)24-16-14-23(15-17-24)34(49)50-36(7,8)9/h14-17,20-21,25-26,28-29,38H,18-19H2,1-13H3,(H,39,44)(H,40,45)(H,42,43)(H,47,48)/b22-20+/t25-,26-,28-,29?/m1/s1. The number of nitrogens with one attached hydrogen (secondary N) is 3. The van der Waals surface area contributed by atoms with Gasteiger partial charge in [-0.05, 0) is 70.2 Å². The number of ether oxygens (including phenoxy) is 1. The van der Waals surface area contributed by atoms with Crippen LogP contribution in [0.25, 0.3) is 0 Å². The maximum atomic E-state index is 14.2. The van der Waals surface area contributed by atoms with Crippen LogP contribution < -0.4 is 16.0 Å². The van der Waals surface area contributed by atoms with Crippen LogP contribution in [0.3, 0.4) is 0 Å². The predicted molar refractivity (Wildman–Crippen MR) is 190 cm³/mol. The summed E-state index contributed by atoms with van der Waals surface area (Å²) in [6.07, 6.45) is 0.845. The van der Waals surface area contributed by atoms with Crippen LogP contribution in [-0.2, 0) is 34.1 Å². The summed E-state index contributed by atoms with van der Waals surface area (Å²) in [5, 5.41) is 26.8. The molecule has 0 aromatic heterocycles. The highest BCUT2D eigenvalue weighted by Gasteiger charge is 2.42. The molecule has 13 nitrogen and oxygen atoms in total. The van der Waals surface area contributed by atoms with Crippen LogP contribution in [0.15, 0.2) is 35.9 Å². The molecule has 0 saturated heterocycles. The van der Waals surface area contributed by atoms with E-state index in [4.69, 9.17) is 9.84 Å². The number of carbonyl (C=O) groups excluding carboxylic acids is 4. The largest absolute Gasteiger partial charge is 0.481 e. The van der Waals surface area contributed by atoms with E-state index >= 15 is 0 Å². The molecule has 280 valence electrons. The third-order valence-corrected chi connectivity index (χ3v) is 8.44. The zero-order chi connectivity index (χ0) is 38.9. The number of rotatable bonds is 16. The maximum Gasteiger partial charge on any atom is 0.338 e. The van der Waals surface area contributed by atoms with Crippen molar-refractivity contribution >= 4 is 35.6 Å². The number of benzene rings is 1. The van der Waals surface area contributed by atoms with Crippen molar-refractivity contribution in [2.75, 3.05) is 14.1 Å². The third kappa shape index (κ3) is 12.6. The molecule has 0 spiro atoms. The van der Waals surface area contributed by atoms with Gasteiger partial charge in [-0.1, -0.05) is 66.7 Å². The zero-order valence-corrected chi connectivity index (χ0v) is 31.9. The molecule has 0 fully saturated rings. The van der Waals surface area contributed by atoms with E-state index in [1.54, 1.807) is 65.2 Å². The van der Waals surface area contributed by atoms with Gasteiger partial charge in [-0.3, -0.25) is 19.2 Å². The minimum Gasteiger partial charge on any atom is -0.481 e. The summed E-state index contributed by atoms with van der Waals surface area (Å²) in [5.41, 5.74) is -0.844. The van der Waals surface area contributed by atoms with Crippen LogP contribution in [0.2, 0.25) is 0 Å². The van der Waals surface area contributed by atoms with Crippen molar-refractivity contribution in [3.05, 3.63) is 47.0 Å². The lowest BCUT2D eigenvalue weighted by Crippen LogP contribution is -2.61. The number of hydrogen-bond acceptors (Lipinski definition) is 8. The molecule has 0 heterocycles. The van der Waals surface area contributed by atoms with Crippen LogP contribution in [-0.4, -0.2) is 94.6 Å². The molecule has 0 saturated carbocycles. The monoisotopic (exact) mass is 702 g/mol. The normalized spacial score (nSPS) is 15.0. The Labute approximate surface area is 296 Å². The number of carboxylic acid groups (broad SMARTS) is 2. The van der Waals surface area contributed by atoms with Gasteiger partial charge in [0.2, 0.25) is 17.7 Å². The molecular weight excluding hydrogens is 644 g/mol. The van der Waals surface area contributed by atoms with E-state index in [1.165, 1.54) is 11.8 Å². The van der Waals surface area contributed by atoms with Crippen molar-refractivity contribution in [2.24, 2.45) is 11.3 Å². The first-order chi connectivity index (χ1) is 22.7. The van der Waals surface area contributed by atoms with E-state index in [2.05, 4.69) is 16.0 Å². The molecule has 0 bridgehead atoms. The van der Waals surface area contributed by atoms with Gasteiger partial charge >= 0.3 is 17.9 Å². The van der Waals surface area contributed by atoms with Crippen LogP contribution >= 0.6 is 0 Å². The smallest absolute Gasteiger partial charge is 0.338 e. The number of amides is 3. The molecule has 0 aliphatic heterocycles. The Morgan fingerprint density at radius 2 is 1.42 bits per heavy atom. The second kappa shape index (κ2) is 17.6. The summed E-state index contributed by atoms with van der Waals surface area (Å²) in [4.78, 5) is 77.6. The molecule has 0 aliphatic rings. The lowest BCUT2D eigenvalue weighted by molar-refractivity contribution is -0.142. The molecule has 3 amide bonds. The van der Waals surface area contributed by atoms with E-state index in [1.807, 2.05) is 48.5 Å². The third-order valence-electron chi connectivity index (χ3n) is 8.44. The van der Waals surface area contributed by atoms with Crippen LogP contribution in [0, 0.1) is 11.3 Å². The Morgan fingerprint density at radius 3 is 1.84 bits per heavy atom. The summed E-state index contributed by atoms with van der Waals surface area (Å²) >= 11 is 0. The Kier molecular flexibility index (Phi) is 15.4. The molecule has 0 aliphatic carbocycles. The molecule has 13 heteroatoms. The minimum absolute atomic E-state index is 0.149. The second-order valence-electron chi connectivity index (χ2n) is 15.7. The number of nitrogens with zero attached hydrogens (tertiary/aromatic N) is 1. The zero-order valence-electron chi connectivity index (χ0n) is 31.9. The number of likely N-dealkylation sites (N-methyl/N-ethyl adjacent to an activating group) is 2. The Balaban J connectivity index is 3.32. The van der Waals surface area contributed by atoms with Crippen molar-refractivity contribution in [1.82, 2.24) is 20.9 Å². The van der Waals surface area contributed by atoms with Crippen molar-refractivity contribution < 1.29 is 43.7 Å². The van der Waals surface area contributed by atoms with Gasteiger partial charge in [-0.15, -0.1) is 0 Å².